The second-order valence-electron chi connectivity index (χ2n) is 6.01. The maximum atomic E-state index is 13.1. The van der Waals surface area contributed by atoms with Crippen LogP contribution in [0.25, 0.3) is 0 Å². The van der Waals surface area contributed by atoms with Gasteiger partial charge in [0, 0.05) is 13.0 Å². The lowest BCUT2D eigenvalue weighted by Gasteiger charge is -2.27. The summed E-state index contributed by atoms with van der Waals surface area (Å²) in [7, 11) is -3.78. The second kappa shape index (κ2) is 7.48. The van der Waals surface area contributed by atoms with Crippen molar-refractivity contribution in [1.29, 1.82) is 0 Å². The number of likely N-dealkylation sites (tertiary alicyclic amines) is 1. The summed E-state index contributed by atoms with van der Waals surface area (Å²) in [5.41, 5.74) is 0. The van der Waals surface area contributed by atoms with Crippen LogP contribution in [0.4, 0.5) is 8.78 Å². The van der Waals surface area contributed by atoms with Crippen LogP contribution in [0.15, 0.2) is 23.1 Å². The number of rotatable bonds is 6. The normalized spacial score (nSPS) is 22.7. The lowest BCUT2D eigenvalue weighted by Crippen LogP contribution is -3.13. The number of sulfonamides is 1. The molecule has 0 amide bonds. The van der Waals surface area contributed by atoms with E-state index in [2.05, 4.69) is 11.6 Å². The van der Waals surface area contributed by atoms with Gasteiger partial charge in [-0.05, 0) is 37.0 Å². The first-order valence-corrected chi connectivity index (χ1v) is 9.15. The van der Waals surface area contributed by atoms with Crippen LogP contribution in [0.3, 0.4) is 0 Å². The van der Waals surface area contributed by atoms with E-state index in [1.165, 1.54) is 17.7 Å². The SMILES string of the molecule is CC1CC[NH+](CCCNS(=O)(=O)c2ccc(F)c(F)c2)CC1. The fourth-order valence-electron chi connectivity index (χ4n) is 2.69. The highest BCUT2D eigenvalue weighted by Crippen LogP contribution is 2.13. The van der Waals surface area contributed by atoms with Gasteiger partial charge in [-0.15, -0.1) is 0 Å². The maximum Gasteiger partial charge on any atom is 0.240 e. The van der Waals surface area contributed by atoms with E-state index in [9.17, 15) is 17.2 Å². The minimum Gasteiger partial charge on any atom is -0.335 e. The summed E-state index contributed by atoms with van der Waals surface area (Å²) < 4.78 is 52.3. The van der Waals surface area contributed by atoms with Gasteiger partial charge in [0.15, 0.2) is 11.6 Å². The van der Waals surface area contributed by atoms with Crippen molar-refractivity contribution in [3.63, 3.8) is 0 Å². The highest BCUT2D eigenvalue weighted by molar-refractivity contribution is 7.89. The maximum absolute atomic E-state index is 13.1. The lowest BCUT2D eigenvalue weighted by atomic mass is 9.99. The first-order valence-electron chi connectivity index (χ1n) is 7.67. The number of nitrogens with one attached hydrogen (secondary N) is 2. The summed E-state index contributed by atoms with van der Waals surface area (Å²) in [6.07, 6.45) is 3.17. The first kappa shape index (κ1) is 17.3. The molecule has 1 aromatic carbocycles. The molecule has 2 rings (SSSR count). The zero-order chi connectivity index (χ0) is 16.2. The van der Waals surface area contributed by atoms with Gasteiger partial charge in [-0.1, -0.05) is 6.92 Å². The Morgan fingerprint density at radius 2 is 1.91 bits per heavy atom. The monoisotopic (exact) mass is 333 g/mol. The quantitative estimate of drug-likeness (QED) is 0.762. The number of quaternary nitrogens is 1. The van der Waals surface area contributed by atoms with E-state index in [1.807, 2.05) is 0 Å². The van der Waals surface area contributed by atoms with Crippen molar-refractivity contribution in [2.45, 2.75) is 31.1 Å². The Balaban J connectivity index is 1.79. The summed E-state index contributed by atoms with van der Waals surface area (Å²) >= 11 is 0. The average Bonchev–Trinajstić information content (AvgIpc) is 2.48. The van der Waals surface area contributed by atoms with Gasteiger partial charge in [0.2, 0.25) is 10.0 Å². The van der Waals surface area contributed by atoms with Crippen molar-refractivity contribution in [2.24, 2.45) is 5.92 Å². The fourth-order valence-corrected chi connectivity index (χ4v) is 3.78. The molecule has 1 saturated heterocycles. The Kier molecular flexibility index (Phi) is 5.88. The molecule has 1 heterocycles. The Morgan fingerprint density at radius 3 is 2.55 bits per heavy atom. The number of hydrogen-bond donors (Lipinski definition) is 2. The molecule has 0 unspecified atom stereocenters. The van der Waals surface area contributed by atoms with Crippen LogP contribution in [-0.4, -0.2) is 34.6 Å². The lowest BCUT2D eigenvalue weighted by molar-refractivity contribution is -0.906. The molecule has 1 fully saturated rings. The molecule has 0 spiro atoms. The van der Waals surface area contributed by atoms with Crippen LogP contribution in [0.1, 0.15) is 26.2 Å². The molecule has 124 valence electrons. The van der Waals surface area contributed by atoms with Gasteiger partial charge in [-0.25, -0.2) is 21.9 Å². The van der Waals surface area contributed by atoms with E-state index in [-0.39, 0.29) is 4.90 Å². The summed E-state index contributed by atoms with van der Waals surface area (Å²) in [5.74, 6) is -1.42. The molecule has 0 atom stereocenters. The standard InChI is InChI=1S/C15H22F2N2O2S/c1-12-5-9-19(10-6-12)8-2-7-18-22(20,21)13-3-4-14(16)15(17)11-13/h3-4,11-12,18H,2,5-10H2,1H3/p+1. The molecule has 1 aliphatic heterocycles. The minimum atomic E-state index is -3.78. The van der Waals surface area contributed by atoms with Gasteiger partial charge >= 0.3 is 0 Å². The topological polar surface area (TPSA) is 50.6 Å². The zero-order valence-corrected chi connectivity index (χ0v) is 13.6. The van der Waals surface area contributed by atoms with Crippen LogP contribution >= 0.6 is 0 Å². The van der Waals surface area contributed by atoms with Gasteiger partial charge in [0.25, 0.3) is 0 Å². The summed E-state index contributed by atoms with van der Waals surface area (Å²) in [5, 5.41) is 0. The number of piperidine rings is 1. The third-order valence-electron chi connectivity index (χ3n) is 4.18. The molecule has 0 aromatic heterocycles. The zero-order valence-electron chi connectivity index (χ0n) is 12.7. The van der Waals surface area contributed by atoms with Crippen LogP contribution in [-0.2, 0) is 10.0 Å². The average molecular weight is 333 g/mol. The molecule has 2 N–H and O–H groups in total. The molecule has 22 heavy (non-hydrogen) atoms. The molecule has 1 aromatic rings. The van der Waals surface area contributed by atoms with Crippen molar-refractivity contribution >= 4 is 10.0 Å². The number of benzene rings is 1. The number of hydrogen-bond acceptors (Lipinski definition) is 2. The summed E-state index contributed by atoms with van der Waals surface area (Å²) in [6.45, 7) is 5.76. The fraction of sp³-hybridized carbons (Fsp3) is 0.600. The summed E-state index contributed by atoms with van der Waals surface area (Å²) in [6, 6.07) is 2.59. The second-order valence-corrected chi connectivity index (χ2v) is 7.78. The minimum absolute atomic E-state index is 0.245. The molecule has 4 nitrogen and oxygen atoms in total. The predicted molar refractivity (Wildman–Crippen MR) is 80.1 cm³/mol. The molecular weight excluding hydrogens is 310 g/mol. The van der Waals surface area contributed by atoms with E-state index in [1.54, 1.807) is 0 Å². The Bertz CT molecular complexity index is 600. The van der Waals surface area contributed by atoms with Crippen LogP contribution in [0.5, 0.6) is 0 Å². The largest absolute Gasteiger partial charge is 0.335 e. The van der Waals surface area contributed by atoms with Gasteiger partial charge in [-0.2, -0.15) is 0 Å². The molecule has 7 heteroatoms. The molecular formula is C15H23F2N2O2S+. The van der Waals surface area contributed by atoms with Crippen LogP contribution in [0.2, 0.25) is 0 Å². The van der Waals surface area contributed by atoms with Gasteiger partial charge < -0.3 is 4.90 Å². The van der Waals surface area contributed by atoms with Crippen molar-refractivity contribution in [1.82, 2.24) is 4.72 Å². The summed E-state index contributed by atoms with van der Waals surface area (Å²) in [4.78, 5) is 1.26. The van der Waals surface area contributed by atoms with Crippen molar-refractivity contribution < 1.29 is 22.1 Å². The predicted octanol–water partition coefficient (Wildman–Crippen LogP) is 0.948. The molecule has 1 aliphatic rings. The van der Waals surface area contributed by atoms with Crippen LogP contribution in [0, 0.1) is 17.6 Å². The Hall–Kier alpha value is -1.05. The van der Waals surface area contributed by atoms with Crippen molar-refractivity contribution in [3.05, 3.63) is 29.8 Å². The van der Waals surface area contributed by atoms with E-state index >= 15 is 0 Å². The smallest absolute Gasteiger partial charge is 0.240 e. The highest BCUT2D eigenvalue weighted by atomic mass is 32.2. The van der Waals surface area contributed by atoms with Gasteiger partial charge in [-0.3, -0.25) is 0 Å². The highest BCUT2D eigenvalue weighted by Gasteiger charge is 2.19. The third kappa shape index (κ3) is 4.72. The van der Waals surface area contributed by atoms with E-state index in [4.69, 9.17) is 0 Å². The Labute approximate surface area is 130 Å². The van der Waals surface area contributed by atoms with E-state index in [0.29, 0.717) is 12.6 Å². The third-order valence-corrected chi connectivity index (χ3v) is 5.64. The van der Waals surface area contributed by atoms with Crippen LogP contribution < -0.4 is 9.62 Å². The van der Waals surface area contributed by atoms with Gasteiger partial charge in [0.1, 0.15) is 0 Å². The molecule has 0 aliphatic carbocycles. The molecule has 0 radical (unpaired) electrons. The van der Waals surface area contributed by atoms with Crippen molar-refractivity contribution in [2.75, 3.05) is 26.2 Å². The Morgan fingerprint density at radius 1 is 1.23 bits per heavy atom. The van der Waals surface area contributed by atoms with E-state index < -0.39 is 21.7 Å². The number of halogens is 2. The van der Waals surface area contributed by atoms with E-state index in [0.717, 1.165) is 44.1 Å². The molecule has 0 saturated carbocycles. The van der Waals surface area contributed by atoms with Crippen molar-refractivity contribution in [3.8, 4) is 0 Å². The first-order chi connectivity index (χ1) is 10.4. The van der Waals surface area contributed by atoms with Gasteiger partial charge in [0.05, 0.1) is 24.5 Å². The molecule has 0 bridgehead atoms.